The number of benzene rings is 2. The molecule has 1 saturated heterocycles. The fourth-order valence-electron chi connectivity index (χ4n) is 4.00. The summed E-state index contributed by atoms with van der Waals surface area (Å²) in [6, 6.07) is 11.7. The Balaban J connectivity index is 1.50. The summed E-state index contributed by atoms with van der Waals surface area (Å²) in [6.45, 7) is 4.06. The van der Waals surface area contributed by atoms with Crippen LogP contribution in [0.2, 0.25) is 0 Å². The van der Waals surface area contributed by atoms with Gasteiger partial charge in [0.1, 0.15) is 5.82 Å². The van der Waals surface area contributed by atoms with Crippen LogP contribution >= 0.6 is 0 Å². The minimum Gasteiger partial charge on any atom is -0.351 e. The molecule has 0 radical (unpaired) electrons. The molecule has 5 rings (SSSR count). The Kier molecular flexibility index (Phi) is 4.20. The van der Waals surface area contributed by atoms with E-state index in [0.717, 1.165) is 53.6 Å². The third-order valence-electron chi connectivity index (χ3n) is 5.51. The maximum absolute atomic E-state index is 14.1. The topological polar surface area (TPSA) is 54.8 Å². The number of rotatable bonds is 3. The van der Waals surface area contributed by atoms with Gasteiger partial charge >= 0.3 is 0 Å². The van der Waals surface area contributed by atoms with E-state index < -0.39 is 0 Å². The van der Waals surface area contributed by atoms with Gasteiger partial charge in [-0.05, 0) is 68.8 Å². The fourth-order valence-corrected chi connectivity index (χ4v) is 4.00. The Morgan fingerprint density at radius 2 is 2.00 bits per heavy atom. The number of halogens is 1. The average molecular weight is 375 g/mol. The van der Waals surface area contributed by atoms with Crippen LogP contribution in [-0.4, -0.2) is 33.7 Å². The fraction of sp³-hybridized carbons (Fsp3) is 0.273. The Morgan fingerprint density at radius 3 is 2.86 bits per heavy atom. The zero-order valence-corrected chi connectivity index (χ0v) is 15.7. The maximum Gasteiger partial charge on any atom is 0.223 e. The molecule has 4 aromatic rings. The third kappa shape index (κ3) is 2.99. The molecule has 2 aromatic carbocycles. The van der Waals surface area contributed by atoms with Crippen LogP contribution in [0.4, 0.5) is 10.3 Å². The van der Waals surface area contributed by atoms with Gasteiger partial charge < -0.3 is 15.2 Å². The lowest BCUT2D eigenvalue weighted by molar-refractivity contribution is 0.477. The molecule has 142 valence electrons. The van der Waals surface area contributed by atoms with E-state index in [4.69, 9.17) is 0 Å². The molecule has 0 bridgehead atoms. The van der Waals surface area contributed by atoms with E-state index in [0.29, 0.717) is 17.4 Å². The molecule has 3 heterocycles. The number of hydrogen-bond donors (Lipinski definition) is 2. The second-order valence-electron chi connectivity index (χ2n) is 7.42. The highest BCUT2D eigenvalue weighted by Crippen LogP contribution is 2.27. The highest BCUT2D eigenvalue weighted by Gasteiger charge is 2.14. The first kappa shape index (κ1) is 17.1. The highest BCUT2D eigenvalue weighted by atomic mass is 19.1. The maximum atomic E-state index is 14.1. The molecular formula is C22H22FN5. The van der Waals surface area contributed by atoms with E-state index in [1.807, 2.05) is 54.2 Å². The Labute approximate surface area is 162 Å². The van der Waals surface area contributed by atoms with E-state index in [2.05, 4.69) is 20.6 Å². The minimum absolute atomic E-state index is 0.197. The standard InChI is InChI=1S/C22H22FN5/c1-14-2-4-19(23)18-8-11-28(21(14)18)17-3-5-20-15(12-17)13-25-22(27-20)26-16-6-9-24-10-7-16/h2-5,8,11-13,16,24H,6-7,9-10H2,1H3,(H,25,26,27). The van der Waals surface area contributed by atoms with Crippen molar-refractivity contribution in [2.75, 3.05) is 18.4 Å². The molecule has 0 spiro atoms. The van der Waals surface area contributed by atoms with E-state index >= 15 is 0 Å². The van der Waals surface area contributed by atoms with Crippen molar-refractivity contribution >= 4 is 27.8 Å². The lowest BCUT2D eigenvalue weighted by Gasteiger charge is -2.23. The number of piperidine rings is 1. The van der Waals surface area contributed by atoms with Gasteiger partial charge in [-0.25, -0.2) is 14.4 Å². The van der Waals surface area contributed by atoms with Crippen LogP contribution in [0.3, 0.4) is 0 Å². The molecule has 2 N–H and O–H groups in total. The molecular weight excluding hydrogens is 353 g/mol. The van der Waals surface area contributed by atoms with Crippen molar-refractivity contribution in [1.29, 1.82) is 0 Å². The van der Waals surface area contributed by atoms with Crippen LogP contribution in [0.1, 0.15) is 18.4 Å². The van der Waals surface area contributed by atoms with Crippen molar-refractivity contribution in [3.63, 3.8) is 0 Å². The number of aryl methyl sites for hydroxylation is 1. The third-order valence-corrected chi connectivity index (χ3v) is 5.51. The summed E-state index contributed by atoms with van der Waals surface area (Å²) in [7, 11) is 0. The van der Waals surface area contributed by atoms with Crippen molar-refractivity contribution in [2.45, 2.75) is 25.8 Å². The Hall–Kier alpha value is -2.99. The predicted octanol–water partition coefficient (Wildman–Crippen LogP) is 4.19. The number of nitrogens with zero attached hydrogens (tertiary/aromatic N) is 3. The van der Waals surface area contributed by atoms with Gasteiger partial charge in [-0.3, -0.25) is 0 Å². The molecule has 1 aliphatic rings. The SMILES string of the molecule is Cc1ccc(F)c2ccn(-c3ccc4nc(NC5CCNCC5)ncc4c3)c12. The van der Waals surface area contributed by atoms with Gasteiger partial charge in [0.15, 0.2) is 0 Å². The van der Waals surface area contributed by atoms with Gasteiger partial charge in [-0.2, -0.15) is 0 Å². The monoisotopic (exact) mass is 375 g/mol. The Bertz CT molecular complexity index is 1160. The molecule has 28 heavy (non-hydrogen) atoms. The van der Waals surface area contributed by atoms with Crippen molar-refractivity contribution in [1.82, 2.24) is 19.9 Å². The first-order valence-corrected chi connectivity index (χ1v) is 9.70. The lowest BCUT2D eigenvalue weighted by Crippen LogP contribution is -2.35. The minimum atomic E-state index is -0.197. The molecule has 6 heteroatoms. The second-order valence-corrected chi connectivity index (χ2v) is 7.42. The quantitative estimate of drug-likeness (QED) is 0.564. The van der Waals surface area contributed by atoms with Crippen LogP contribution < -0.4 is 10.6 Å². The van der Waals surface area contributed by atoms with Gasteiger partial charge in [-0.1, -0.05) is 6.07 Å². The molecule has 1 aliphatic heterocycles. The normalized spacial score (nSPS) is 15.4. The summed E-state index contributed by atoms with van der Waals surface area (Å²) < 4.78 is 16.2. The summed E-state index contributed by atoms with van der Waals surface area (Å²) in [5, 5.41) is 8.41. The summed E-state index contributed by atoms with van der Waals surface area (Å²) in [5.41, 5.74) is 3.80. The molecule has 5 nitrogen and oxygen atoms in total. The van der Waals surface area contributed by atoms with E-state index in [1.54, 1.807) is 0 Å². The van der Waals surface area contributed by atoms with Crippen molar-refractivity contribution in [2.24, 2.45) is 0 Å². The smallest absolute Gasteiger partial charge is 0.223 e. The Morgan fingerprint density at radius 1 is 1.14 bits per heavy atom. The first-order valence-electron chi connectivity index (χ1n) is 9.70. The second kappa shape index (κ2) is 6.87. The van der Waals surface area contributed by atoms with Crippen LogP contribution in [0, 0.1) is 12.7 Å². The summed E-state index contributed by atoms with van der Waals surface area (Å²) in [4.78, 5) is 9.18. The van der Waals surface area contributed by atoms with E-state index in [9.17, 15) is 4.39 Å². The molecule has 0 saturated carbocycles. The van der Waals surface area contributed by atoms with Crippen LogP contribution in [0.25, 0.3) is 27.5 Å². The number of aromatic nitrogens is 3. The first-order chi connectivity index (χ1) is 13.7. The zero-order chi connectivity index (χ0) is 19.1. The number of nitrogens with one attached hydrogen (secondary N) is 2. The highest BCUT2D eigenvalue weighted by molar-refractivity contribution is 5.87. The lowest BCUT2D eigenvalue weighted by atomic mass is 10.1. The zero-order valence-electron chi connectivity index (χ0n) is 15.7. The van der Waals surface area contributed by atoms with E-state index in [1.165, 1.54) is 6.07 Å². The molecule has 2 aromatic heterocycles. The molecule has 0 aliphatic carbocycles. The predicted molar refractivity (Wildman–Crippen MR) is 111 cm³/mol. The number of anilines is 1. The number of hydrogen-bond acceptors (Lipinski definition) is 4. The van der Waals surface area contributed by atoms with Gasteiger partial charge in [0.05, 0.1) is 11.0 Å². The van der Waals surface area contributed by atoms with Gasteiger partial charge in [0.25, 0.3) is 0 Å². The molecule has 0 atom stereocenters. The summed E-state index contributed by atoms with van der Waals surface area (Å²) in [5.74, 6) is 0.480. The van der Waals surface area contributed by atoms with Crippen molar-refractivity contribution in [3.05, 3.63) is 60.2 Å². The number of fused-ring (bicyclic) bond motifs is 2. The van der Waals surface area contributed by atoms with Gasteiger partial charge in [0, 0.05) is 34.9 Å². The van der Waals surface area contributed by atoms with Crippen LogP contribution in [-0.2, 0) is 0 Å². The van der Waals surface area contributed by atoms with E-state index in [-0.39, 0.29) is 5.82 Å². The molecule has 1 fully saturated rings. The van der Waals surface area contributed by atoms with Gasteiger partial charge in [-0.15, -0.1) is 0 Å². The van der Waals surface area contributed by atoms with Crippen molar-refractivity contribution in [3.8, 4) is 5.69 Å². The molecule has 0 amide bonds. The van der Waals surface area contributed by atoms with Crippen LogP contribution in [0.5, 0.6) is 0 Å². The molecule has 0 unspecified atom stereocenters. The van der Waals surface area contributed by atoms with Crippen molar-refractivity contribution < 1.29 is 4.39 Å². The largest absolute Gasteiger partial charge is 0.351 e. The van der Waals surface area contributed by atoms with Crippen LogP contribution in [0.15, 0.2) is 48.8 Å². The summed E-state index contributed by atoms with van der Waals surface area (Å²) >= 11 is 0. The van der Waals surface area contributed by atoms with Gasteiger partial charge in [0.2, 0.25) is 5.95 Å². The summed E-state index contributed by atoms with van der Waals surface area (Å²) in [6.07, 6.45) is 5.93. The average Bonchev–Trinajstić information content (AvgIpc) is 3.18.